The molecule has 202 valence electrons. The minimum Gasteiger partial charge on any atom is -0.461 e. The Kier molecular flexibility index (Phi) is 7.06. The molecule has 5 atom stereocenters. The van der Waals surface area contributed by atoms with Crippen molar-refractivity contribution in [2.24, 2.45) is 0 Å². The zero-order valence-corrected chi connectivity index (χ0v) is 21.7. The maximum atomic E-state index is 12.7. The first-order valence-corrected chi connectivity index (χ1v) is 13.0. The lowest BCUT2D eigenvalue weighted by atomic mass is 9.82. The Balaban J connectivity index is 1.52. The van der Waals surface area contributed by atoms with Gasteiger partial charge in [0.15, 0.2) is 12.1 Å². The van der Waals surface area contributed by atoms with Crippen LogP contribution >= 0.6 is 0 Å². The monoisotopic (exact) mass is 536 g/mol. The van der Waals surface area contributed by atoms with Crippen LogP contribution in [0.15, 0.2) is 103 Å². The predicted octanol–water partition coefficient (Wildman–Crippen LogP) is 4.34. The summed E-state index contributed by atoms with van der Waals surface area (Å²) in [5.41, 5.74) is 5.28. The predicted molar refractivity (Wildman–Crippen MR) is 151 cm³/mol. The number of carbonyl (C=O) groups excluding carboxylic acids is 1. The van der Waals surface area contributed by atoms with Crippen molar-refractivity contribution in [3.8, 4) is 5.75 Å². The van der Waals surface area contributed by atoms with Crippen LogP contribution in [0.2, 0.25) is 0 Å². The molecule has 0 spiro atoms. The van der Waals surface area contributed by atoms with E-state index in [4.69, 9.17) is 14.2 Å². The summed E-state index contributed by atoms with van der Waals surface area (Å²) >= 11 is 0. The minimum atomic E-state index is -1.51. The molecule has 2 aliphatic rings. The van der Waals surface area contributed by atoms with Crippen molar-refractivity contribution in [3.05, 3.63) is 125 Å². The first kappa shape index (κ1) is 26.1. The summed E-state index contributed by atoms with van der Waals surface area (Å²) in [7, 11) is 1.34. The lowest BCUT2D eigenvalue weighted by molar-refractivity contribution is -0.327. The van der Waals surface area contributed by atoms with Gasteiger partial charge >= 0.3 is 0 Å². The number of rotatable bonds is 5. The van der Waals surface area contributed by atoms with E-state index in [2.05, 4.69) is 0 Å². The van der Waals surface area contributed by atoms with E-state index < -0.39 is 30.9 Å². The van der Waals surface area contributed by atoms with Gasteiger partial charge in [-0.1, -0.05) is 84.9 Å². The Labute approximate surface area is 231 Å². The van der Waals surface area contributed by atoms with Crippen molar-refractivity contribution in [2.45, 2.75) is 30.9 Å². The van der Waals surface area contributed by atoms with Crippen LogP contribution in [0, 0.1) is 0 Å². The standard InChI is InChI=1S/C33H28O7/c1-38-32-30(36)29(35)31(37)33(40-32)39-27-18-16-25(21-12-6-8-14-23(21)27)28(19-9-3-2-4-10-19)24-15-17-26(34)22-13-7-5-11-20(22)24/h2-18,29-33,35-37H,1H3/b28-24+/t29-,30+,31+,32-,33+/m0/s1. The molecule has 4 aromatic carbocycles. The molecule has 0 radical (unpaired) electrons. The van der Waals surface area contributed by atoms with E-state index in [0.29, 0.717) is 11.3 Å². The summed E-state index contributed by atoms with van der Waals surface area (Å²) in [5, 5.41) is 32.7. The smallest absolute Gasteiger partial charge is 0.231 e. The molecule has 1 saturated heterocycles. The number of benzene rings is 4. The third-order valence-electron chi connectivity index (χ3n) is 7.37. The number of fused-ring (bicyclic) bond motifs is 2. The third kappa shape index (κ3) is 4.54. The highest BCUT2D eigenvalue weighted by molar-refractivity contribution is 6.18. The van der Waals surface area contributed by atoms with Gasteiger partial charge in [-0.2, -0.15) is 0 Å². The average molecular weight is 537 g/mol. The molecular weight excluding hydrogens is 508 g/mol. The summed E-state index contributed by atoms with van der Waals surface area (Å²) in [4.78, 5) is 12.7. The first-order valence-electron chi connectivity index (χ1n) is 13.0. The lowest BCUT2D eigenvalue weighted by Gasteiger charge is -2.39. The van der Waals surface area contributed by atoms with E-state index in [1.165, 1.54) is 7.11 Å². The summed E-state index contributed by atoms with van der Waals surface area (Å²) in [6.45, 7) is 0. The zero-order chi connectivity index (χ0) is 27.8. The number of ether oxygens (including phenoxy) is 3. The van der Waals surface area contributed by atoms with E-state index in [-0.39, 0.29) is 5.78 Å². The Bertz CT molecular complexity index is 1620. The molecular formula is C33H28O7. The van der Waals surface area contributed by atoms with Crippen LogP contribution < -0.4 is 4.74 Å². The Morgan fingerprint density at radius 3 is 2.10 bits per heavy atom. The Hall–Kier alpha value is -4.11. The van der Waals surface area contributed by atoms with Gasteiger partial charge in [-0.05, 0) is 51.4 Å². The number of carbonyl (C=O) groups is 1. The van der Waals surface area contributed by atoms with Crippen LogP contribution in [0.1, 0.15) is 27.0 Å². The van der Waals surface area contributed by atoms with Crippen LogP contribution in [0.5, 0.6) is 5.75 Å². The lowest BCUT2D eigenvalue weighted by Crippen LogP contribution is -2.59. The van der Waals surface area contributed by atoms with Gasteiger partial charge in [0.2, 0.25) is 6.29 Å². The van der Waals surface area contributed by atoms with E-state index in [1.54, 1.807) is 12.1 Å². The van der Waals surface area contributed by atoms with Gasteiger partial charge in [0.05, 0.1) is 0 Å². The zero-order valence-electron chi connectivity index (χ0n) is 21.7. The van der Waals surface area contributed by atoms with Crippen molar-refractivity contribution in [1.82, 2.24) is 0 Å². The van der Waals surface area contributed by atoms with Gasteiger partial charge in [0, 0.05) is 18.1 Å². The quantitative estimate of drug-likeness (QED) is 0.349. The van der Waals surface area contributed by atoms with Gasteiger partial charge < -0.3 is 29.5 Å². The molecule has 40 heavy (non-hydrogen) atoms. The molecule has 1 aliphatic carbocycles. The summed E-state index contributed by atoms with van der Waals surface area (Å²) in [6.07, 6.45) is -3.39. The van der Waals surface area contributed by atoms with E-state index in [1.807, 2.05) is 91.0 Å². The molecule has 3 N–H and O–H groups in total. The van der Waals surface area contributed by atoms with Gasteiger partial charge in [-0.15, -0.1) is 0 Å². The van der Waals surface area contributed by atoms with E-state index in [9.17, 15) is 20.1 Å². The second-order valence-corrected chi connectivity index (χ2v) is 9.75. The van der Waals surface area contributed by atoms with Crippen molar-refractivity contribution in [2.75, 3.05) is 7.11 Å². The molecule has 4 aromatic rings. The number of aliphatic hydroxyl groups excluding tert-OH is 3. The number of aliphatic hydroxyl groups is 3. The highest BCUT2D eigenvalue weighted by Crippen LogP contribution is 2.41. The number of ketones is 1. The maximum Gasteiger partial charge on any atom is 0.231 e. The van der Waals surface area contributed by atoms with Crippen molar-refractivity contribution in [3.63, 3.8) is 0 Å². The second-order valence-electron chi connectivity index (χ2n) is 9.75. The number of hydrogen-bond donors (Lipinski definition) is 3. The Morgan fingerprint density at radius 1 is 0.700 bits per heavy atom. The van der Waals surface area contributed by atoms with Gasteiger partial charge in [0.25, 0.3) is 0 Å². The molecule has 1 heterocycles. The van der Waals surface area contributed by atoms with E-state index in [0.717, 1.165) is 38.6 Å². The van der Waals surface area contributed by atoms with Crippen LogP contribution in [0.25, 0.3) is 21.9 Å². The molecule has 7 heteroatoms. The molecule has 7 nitrogen and oxygen atoms in total. The van der Waals surface area contributed by atoms with Crippen molar-refractivity contribution in [1.29, 1.82) is 0 Å². The van der Waals surface area contributed by atoms with Crippen LogP contribution in [0.3, 0.4) is 0 Å². The van der Waals surface area contributed by atoms with Crippen LogP contribution in [-0.4, -0.2) is 59.1 Å². The molecule has 0 bridgehead atoms. The molecule has 6 rings (SSSR count). The number of allylic oxidation sites excluding steroid dienone is 3. The SMILES string of the molecule is CO[C@H]1O[C@@H](Oc2ccc(/C(=C3\C=CC(=O)c4ccccc43)c3ccccc3)c3ccccc23)[C@H](O)[C@@H](O)[C@H]1O. The van der Waals surface area contributed by atoms with Gasteiger partial charge in [-0.3, -0.25) is 4.79 Å². The van der Waals surface area contributed by atoms with Crippen LogP contribution in [0.4, 0.5) is 0 Å². The first-order chi connectivity index (χ1) is 19.5. The summed E-state index contributed by atoms with van der Waals surface area (Å²) in [6, 6.07) is 29.0. The van der Waals surface area contributed by atoms with Crippen molar-refractivity contribution >= 4 is 27.7 Å². The fourth-order valence-electron chi connectivity index (χ4n) is 5.38. The van der Waals surface area contributed by atoms with Gasteiger partial charge in [0.1, 0.15) is 24.1 Å². The topological polar surface area (TPSA) is 105 Å². The molecule has 0 saturated carbocycles. The van der Waals surface area contributed by atoms with Gasteiger partial charge in [-0.25, -0.2) is 0 Å². The highest BCUT2D eigenvalue weighted by atomic mass is 16.8. The highest BCUT2D eigenvalue weighted by Gasteiger charge is 2.45. The van der Waals surface area contributed by atoms with E-state index >= 15 is 0 Å². The molecule has 0 amide bonds. The fourth-order valence-corrected chi connectivity index (χ4v) is 5.38. The number of methoxy groups -OCH3 is 1. The maximum absolute atomic E-state index is 12.7. The molecule has 1 fully saturated rings. The van der Waals surface area contributed by atoms with Crippen molar-refractivity contribution < 1.29 is 34.3 Å². The third-order valence-corrected chi connectivity index (χ3v) is 7.37. The number of hydrogen-bond acceptors (Lipinski definition) is 7. The molecule has 0 aromatic heterocycles. The normalized spacial score (nSPS) is 25.5. The molecule has 0 unspecified atom stereocenters. The summed E-state index contributed by atoms with van der Waals surface area (Å²) in [5.74, 6) is 0.391. The van der Waals surface area contributed by atoms with Crippen LogP contribution in [-0.2, 0) is 9.47 Å². The largest absolute Gasteiger partial charge is 0.461 e. The minimum absolute atomic E-state index is 0.0342. The average Bonchev–Trinajstić information content (AvgIpc) is 3.00. The fraction of sp³-hybridized carbons (Fsp3) is 0.182. The summed E-state index contributed by atoms with van der Waals surface area (Å²) < 4.78 is 16.8. The molecule has 1 aliphatic heterocycles. The second kappa shape index (κ2) is 10.8. The Morgan fingerprint density at radius 2 is 1.35 bits per heavy atom.